The Balaban J connectivity index is 2.05. The van der Waals surface area contributed by atoms with Crippen LogP contribution in [0.2, 0.25) is 5.28 Å². The van der Waals surface area contributed by atoms with E-state index in [0.29, 0.717) is 12.5 Å². The van der Waals surface area contributed by atoms with E-state index in [-0.39, 0.29) is 17.6 Å². The number of carbonyl (C=O) groups excluding carboxylic acids is 1. The lowest BCUT2D eigenvalue weighted by molar-refractivity contribution is -0.117. The first-order valence-corrected chi connectivity index (χ1v) is 5.59. The standard InChI is InChI=1S/C10H13ClN4O/c11-10-14-5-7(6-1-2-6)9(15-10)13-4-3-8(12)16/h5-6H,1-4H2,(H2,12,16)(H,13,14,15). The van der Waals surface area contributed by atoms with Crippen molar-refractivity contribution in [1.29, 1.82) is 0 Å². The molecule has 16 heavy (non-hydrogen) atoms. The summed E-state index contributed by atoms with van der Waals surface area (Å²) in [5.41, 5.74) is 6.14. The van der Waals surface area contributed by atoms with Crippen molar-refractivity contribution in [1.82, 2.24) is 9.97 Å². The smallest absolute Gasteiger partial charge is 0.224 e. The van der Waals surface area contributed by atoms with Crippen LogP contribution in [0.15, 0.2) is 6.20 Å². The fourth-order valence-electron chi connectivity index (χ4n) is 1.51. The quantitative estimate of drug-likeness (QED) is 0.760. The number of nitrogens with two attached hydrogens (primary N) is 1. The number of hydrogen-bond donors (Lipinski definition) is 2. The van der Waals surface area contributed by atoms with Crippen molar-refractivity contribution < 1.29 is 4.79 Å². The minimum Gasteiger partial charge on any atom is -0.370 e. The molecule has 0 radical (unpaired) electrons. The van der Waals surface area contributed by atoms with E-state index in [1.165, 1.54) is 0 Å². The lowest BCUT2D eigenvalue weighted by Gasteiger charge is -2.09. The maximum Gasteiger partial charge on any atom is 0.224 e. The van der Waals surface area contributed by atoms with Gasteiger partial charge in [-0.25, -0.2) is 9.97 Å². The first-order valence-electron chi connectivity index (χ1n) is 5.21. The fraction of sp³-hybridized carbons (Fsp3) is 0.500. The molecule has 6 heteroatoms. The highest BCUT2D eigenvalue weighted by Crippen LogP contribution is 2.42. The second kappa shape index (κ2) is 4.65. The molecule has 1 heterocycles. The summed E-state index contributed by atoms with van der Waals surface area (Å²) in [6.45, 7) is 0.475. The first-order chi connectivity index (χ1) is 7.66. The Morgan fingerprint density at radius 3 is 3.00 bits per heavy atom. The molecule has 86 valence electrons. The topological polar surface area (TPSA) is 80.9 Å². The van der Waals surface area contributed by atoms with Gasteiger partial charge in [0.2, 0.25) is 11.2 Å². The number of rotatable bonds is 5. The predicted molar refractivity (Wildman–Crippen MR) is 61.3 cm³/mol. The summed E-state index contributed by atoms with van der Waals surface area (Å²) in [5, 5.41) is 3.28. The maximum atomic E-state index is 10.6. The van der Waals surface area contributed by atoms with Gasteiger partial charge in [-0.1, -0.05) is 0 Å². The Kier molecular flexibility index (Phi) is 3.24. The maximum absolute atomic E-state index is 10.6. The Hall–Kier alpha value is -1.36. The third kappa shape index (κ3) is 2.82. The van der Waals surface area contributed by atoms with Crippen molar-refractivity contribution in [2.45, 2.75) is 25.2 Å². The van der Waals surface area contributed by atoms with Crippen LogP contribution in [0.3, 0.4) is 0 Å². The Morgan fingerprint density at radius 1 is 1.62 bits per heavy atom. The van der Waals surface area contributed by atoms with Crippen LogP contribution < -0.4 is 11.1 Å². The molecule has 5 nitrogen and oxygen atoms in total. The molecular weight excluding hydrogens is 228 g/mol. The van der Waals surface area contributed by atoms with E-state index < -0.39 is 0 Å². The highest BCUT2D eigenvalue weighted by molar-refractivity contribution is 6.28. The number of amides is 1. The summed E-state index contributed by atoms with van der Waals surface area (Å²) in [7, 11) is 0. The zero-order valence-corrected chi connectivity index (χ0v) is 9.50. The monoisotopic (exact) mass is 240 g/mol. The Bertz CT molecular complexity index is 406. The molecule has 0 saturated heterocycles. The van der Waals surface area contributed by atoms with Crippen LogP contribution in [-0.4, -0.2) is 22.4 Å². The van der Waals surface area contributed by atoms with E-state index in [9.17, 15) is 4.79 Å². The van der Waals surface area contributed by atoms with Crippen molar-refractivity contribution >= 4 is 23.3 Å². The number of primary amides is 1. The SMILES string of the molecule is NC(=O)CCNc1nc(Cl)ncc1C1CC1. The second-order valence-corrected chi connectivity index (χ2v) is 4.20. The lowest BCUT2D eigenvalue weighted by Crippen LogP contribution is -2.17. The molecule has 1 amide bonds. The number of carbonyl (C=O) groups is 1. The summed E-state index contributed by atoms with van der Waals surface area (Å²) in [6.07, 6.45) is 4.36. The van der Waals surface area contributed by atoms with Crippen LogP contribution in [0.4, 0.5) is 5.82 Å². The molecule has 3 N–H and O–H groups in total. The summed E-state index contributed by atoms with van der Waals surface area (Å²) in [6, 6.07) is 0. The molecule has 1 aliphatic carbocycles. The number of halogens is 1. The van der Waals surface area contributed by atoms with Crippen LogP contribution in [0.5, 0.6) is 0 Å². The Morgan fingerprint density at radius 2 is 2.38 bits per heavy atom. The summed E-state index contributed by atoms with van der Waals surface area (Å²) < 4.78 is 0. The van der Waals surface area contributed by atoms with Gasteiger partial charge in [0.1, 0.15) is 5.82 Å². The van der Waals surface area contributed by atoms with Gasteiger partial charge in [-0.3, -0.25) is 4.79 Å². The molecule has 0 aromatic carbocycles. The fourth-order valence-corrected chi connectivity index (χ4v) is 1.64. The van der Waals surface area contributed by atoms with E-state index in [4.69, 9.17) is 17.3 Å². The second-order valence-electron chi connectivity index (χ2n) is 3.86. The molecule has 1 fully saturated rings. The average molecular weight is 241 g/mol. The molecule has 0 atom stereocenters. The van der Waals surface area contributed by atoms with Crippen LogP contribution in [0, 0.1) is 0 Å². The van der Waals surface area contributed by atoms with E-state index in [1.54, 1.807) is 6.20 Å². The van der Waals surface area contributed by atoms with E-state index in [0.717, 1.165) is 24.2 Å². The van der Waals surface area contributed by atoms with Crippen molar-refractivity contribution in [3.05, 3.63) is 17.0 Å². The third-order valence-corrected chi connectivity index (χ3v) is 2.65. The number of aromatic nitrogens is 2. The van der Waals surface area contributed by atoms with Gasteiger partial charge in [-0.2, -0.15) is 0 Å². The third-order valence-electron chi connectivity index (χ3n) is 2.47. The van der Waals surface area contributed by atoms with Crippen LogP contribution in [-0.2, 0) is 4.79 Å². The van der Waals surface area contributed by atoms with Crippen molar-refractivity contribution in [2.24, 2.45) is 5.73 Å². The first kappa shape index (κ1) is 11.1. The number of nitrogens with zero attached hydrogens (tertiary/aromatic N) is 2. The summed E-state index contributed by atoms with van der Waals surface area (Å²) >= 11 is 5.73. The van der Waals surface area contributed by atoms with Crippen LogP contribution in [0.1, 0.15) is 30.7 Å². The van der Waals surface area contributed by atoms with Crippen LogP contribution >= 0.6 is 11.6 Å². The molecule has 0 unspecified atom stereocenters. The predicted octanol–water partition coefficient (Wildman–Crippen LogP) is 1.29. The summed E-state index contributed by atoms with van der Waals surface area (Å²) in [4.78, 5) is 18.7. The van der Waals surface area contributed by atoms with Gasteiger partial charge in [-0.05, 0) is 30.4 Å². The van der Waals surface area contributed by atoms with Crippen LogP contribution in [0.25, 0.3) is 0 Å². The Labute approximate surface area is 98.4 Å². The normalized spacial score (nSPS) is 14.8. The molecule has 1 aromatic heterocycles. The van der Waals surface area contributed by atoms with Crippen molar-refractivity contribution in [3.63, 3.8) is 0 Å². The van der Waals surface area contributed by atoms with Gasteiger partial charge in [0.15, 0.2) is 0 Å². The van der Waals surface area contributed by atoms with Gasteiger partial charge in [0, 0.05) is 24.7 Å². The molecule has 1 aromatic rings. The lowest BCUT2D eigenvalue weighted by atomic mass is 10.2. The molecule has 0 aliphatic heterocycles. The van der Waals surface area contributed by atoms with Gasteiger partial charge in [0.25, 0.3) is 0 Å². The highest BCUT2D eigenvalue weighted by Gasteiger charge is 2.27. The average Bonchev–Trinajstić information content (AvgIpc) is 3.01. The molecule has 1 saturated carbocycles. The van der Waals surface area contributed by atoms with Gasteiger partial charge in [0.05, 0.1) is 0 Å². The molecule has 0 bridgehead atoms. The highest BCUT2D eigenvalue weighted by atomic mass is 35.5. The number of nitrogens with one attached hydrogen (secondary N) is 1. The molecule has 0 spiro atoms. The van der Waals surface area contributed by atoms with Gasteiger partial charge >= 0.3 is 0 Å². The minimum atomic E-state index is -0.333. The zero-order chi connectivity index (χ0) is 11.5. The zero-order valence-electron chi connectivity index (χ0n) is 8.74. The molecular formula is C10H13ClN4O. The van der Waals surface area contributed by atoms with Gasteiger partial charge < -0.3 is 11.1 Å². The molecule has 2 rings (SSSR count). The minimum absolute atomic E-state index is 0.214. The largest absolute Gasteiger partial charge is 0.370 e. The van der Waals surface area contributed by atoms with Crippen molar-refractivity contribution in [3.8, 4) is 0 Å². The van der Waals surface area contributed by atoms with Crippen molar-refractivity contribution in [2.75, 3.05) is 11.9 Å². The number of anilines is 1. The van der Waals surface area contributed by atoms with E-state index >= 15 is 0 Å². The van der Waals surface area contributed by atoms with E-state index in [2.05, 4.69) is 15.3 Å². The molecule has 1 aliphatic rings. The van der Waals surface area contributed by atoms with E-state index in [1.807, 2.05) is 0 Å². The number of hydrogen-bond acceptors (Lipinski definition) is 4. The summed E-state index contributed by atoms with van der Waals surface area (Å²) in [5.74, 6) is 0.928. The van der Waals surface area contributed by atoms with Gasteiger partial charge in [-0.15, -0.1) is 0 Å².